The Balaban J connectivity index is 3.34. The molecule has 4 heteroatoms. The zero-order valence-electron chi connectivity index (χ0n) is 10.2. The quantitative estimate of drug-likeness (QED) is 0.878. The first-order valence-electron chi connectivity index (χ1n) is 5.24. The molecule has 16 heavy (non-hydrogen) atoms. The molecule has 0 aromatic heterocycles. The van der Waals surface area contributed by atoms with Crippen molar-refractivity contribution in [2.45, 2.75) is 37.3 Å². The smallest absolute Gasteiger partial charge is 0.184 e. The van der Waals surface area contributed by atoms with Gasteiger partial charge >= 0.3 is 0 Å². The Morgan fingerprint density at radius 1 is 1.19 bits per heavy atom. The molecule has 90 valence electrons. The van der Waals surface area contributed by atoms with Crippen molar-refractivity contribution >= 4 is 9.84 Å². The van der Waals surface area contributed by atoms with Crippen molar-refractivity contribution in [3.63, 3.8) is 0 Å². The van der Waals surface area contributed by atoms with Gasteiger partial charge in [0.1, 0.15) is 0 Å². The number of benzene rings is 1. The molecule has 0 aliphatic rings. The Bertz CT molecular complexity index is 490. The zero-order valence-corrected chi connectivity index (χ0v) is 11.1. The minimum absolute atomic E-state index is 0.113. The predicted molar refractivity (Wildman–Crippen MR) is 66.2 cm³/mol. The van der Waals surface area contributed by atoms with E-state index in [9.17, 15) is 8.42 Å². The van der Waals surface area contributed by atoms with Crippen molar-refractivity contribution < 1.29 is 8.42 Å². The third-order valence-electron chi connectivity index (χ3n) is 3.01. The van der Waals surface area contributed by atoms with Crippen LogP contribution in [0.4, 0.5) is 0 Å². The van der Waals surface area contributed by atoms with Gasteiger partial charge in [0, 0.05) is 6.54 Å². The Morgan fingerprint density at radius 3 is 2.19 bits per heavy atom. The summed E-state index contributed by atoms with van der Waals surface area (Å²) < 4.78 is 23.6. The highest BCUT2D eigenvalue weighted by molar-refractivity contribution is 7.92. The van der Waals surface area contributed by atoms with E-state index in [4.69, 9.17) is 5.73 Å². The highest BCUT2D eigenvalue weighted by atomic mass is 32.2. The molecular weight excluding hydrogens is 222 g/mol. The van der Waals surface area contributed by atoms with Crippen molar-refractivity contribution in [2.75, 3.05) is 6.54 Å². The van der Waals surface area contributed by atoms with Crippen LogP contribution in [0.15, 0.2) is 23.1 Å². The van der Waals surface area contributed by atoms with E-state index in [-0.39, 0.29) is 6.54 Å². The molecule has 3 nitrogen and oxygen atoms in total. The summed E-state index contributed by atoms with van der Waals surface area (Å²) in [6.07, 6.45) is 0. The lowest BCUT2D eigenvalue weighted by atomic mass is 10.1. The average Bonchev–Trinajstić information content (AvgIpc) is 2.21. The monoisotopic (exact) mass is 241 g/mol. The molecule has 0 amide bonds. The van der Waals surface area contributed by atoms with E-state index in [0.29, 0.717) is 4.90 Å². The van der Waals surface area contributed by atoms with Gasteiger partial charge in [-0.3, -0.25) is 0 Å². The topological polar surface area (TPSA) is 60.2 Å². The first-order chi connectivity index (χ1) is 7.22. The van der Waals surface area contributed by atoms with Gasteiger partial charge in [-0.2, -0.15) is 0 Å². The van der Waals surface area contributed by atoms with Crippen molar-refractivity contribution in [1.29, 1.82) is 0 Å². The summed E-state index contributed by atoms with van der Waals surface area (Å²) in [5, 5.41) is 0. The normalized spacial score (nSPS) is 12.8. The van der Waals surface area contributed by atoms with E-state index in [1.807, 2.05) is 19.9 Å². The molecule has 0 atom stereocenters. The molecule has 0 radical (unpaired) electrons. The van der Waals surface area contributed by atoms with Crippen LogP contribution < -0.4 is 5.73 Å². The Morgan fingerprint density at radius 2 is 1.75 bits per heavy atom. The van der Waals surface area contributed by atoms with Crippen molar-refractivity contribution in [3.8, 4) is 0 Å². The number of sulfone groups is 1. The Kier molecular flexibility index (Phi) is 3.45. The molecule has 0 aliphatic heterocycles. The van der Waals surface area contributed by atoms with E-state index in [1.165, 1.54) is 0 Å². The summed E-state index contributed by atoms with van der Waals surface area (Å²) in [6, 6.07) is 5.19. The maximum atomic E-state index is 12.3. The van der Waals surface area contributed by atoms with E-state index in [2.05, 4.69) is 0 Å². The number of rotatable bonds is 3. The lowest BCUT2D eigenvalue weighted by Gasteiger charge is -2.23. The van der Waals surface area contributed by atoms with Crippen LogP contribution in [0.5, 0.6) is 0 Å². The highest BCUT2D eigenvalue weighted by Crippen LogP contribution is 2.25. The van der Waals surface area contributed by atoms with Crippen LogP contribution in [-0.2, 0) is 9.84 Å². The molecule has 0 aliphatic carbocycles. The standard InChI is InChI=1S/C12H19NO2S/c1-9-5-6-11(7-10(9)2)16(14,15)12(3,4)8-13/h5-7H,8,13H2,1-4H3. The number of aryl methyl sites for hydroxylation is 2. The van der Waals surface area contributed by atoms with Crippen LogP contribution in [0, 0.1) is 13.8 Å². The second-order valence-corrected chi connectivity index (χ2v) is 7.30. The second-order valence-electron chi connectivity index (χ2n) is 4.71. The van der Waals surface area contributed by atoms with Crippen LogP contribution in [0.25, 0.3) is 0 Å². The van der Waals surface area contributed by atoms with Crippen molar-refractivity contribution in [1.82, 2.24) is 0 Å². The SMILES string of the molecule is Cc1ccc(S(=O)(=O)C(C)(C)CN)cc1C. The van der Waals surface area contributed by atoms with Gasteiger partial charge in [0.2, 0.25) is 0 Å². The first-order valence-corrected chi connectivity index (χ1v) is 6.72. The maximum absolute atomic E-state index is 12.3. The molecule has 2 N–H and O–H groups in total. The molecular formula is C12H19NO2S. The minimum Gasteiger partial charge on any atom is -0.329 e. The summed E-state index contributed by atoms with van der Waals surface area (Å²) >= 11 is 0. The molecule has 0 fully saturated rings. The van der Waals surface area contributed by atoms with E-state index in [0.717, 1.165) is 11.1 Å². The molecule has 0 bridgehead atoms. The fourth-order valence-electron chi connectivity index (χ4n) is 1.31. The molecule has 1 aromatic rings. The summed E-state index contributed by atoms with van der Waals surface area (Å²) in [7, 11) is -3.35. The van der Waals surface area contributed by atoms with E-state index >= 15 is 0 Å². The molecule has 0 saturated carbocycles. The highest BCUT2D eigenvalue weighted by Gasteiger charge is 2.34. The summed E-state index contributed by atoms with van der Waals surface area (Å²) in [5.41, 5.74) is 7.59. The number of hydrogen-bond donors (Lipinski definition) is 1. The predicted octanol–water partition coefficient (Wildman–Crippen LogP) is 1.81. The van der Waals surface area contributed by atoms with Crippen LogP contribution in [-0.4, -0.2) is 19.7 Å². The van der Waals surface area contributed by atoms with Gasteiger partial charge in [-0.15, -0.1) is 0 Å². The van der Waals surface area contributed by atoms with Gasteiger partial charge in [-0.25, -0.2) is 8.42 Å². The summed E-state index contributed by atoms with van der Waals surface area (Å²) in [5.74, 6) is 0. The lowest BCUT2D eigenvalue weighted by Crippen LogP contribution is -2.39. The first kappa shape index (κ1) is 13.2. The van der Waals surface area contributed by atoms with Gasteiger partial charge in [-0.1, -0.05) is 6.07 Å². The van der Waals surface area contributed by atoms with Crippen molar-refractivity contribution in [3.05, 3.63) is 29.3 Å². The second kappa shape index (κ2) is 4.18. The molecule has 0 spiro atoms. The Hall–Kier alpha value is -0.870. The minimum atomic E-state index is -3.35. The average molecular weight is 241 g/mol. The van der Waals surface area contributed by atoms with Gasteiger partial charge < -0.3 is 5.73 Å². The molecule has 0 unspecified atom stereocenters. The fourth-order valence-corrected chi connectivity index (χ4v) is 2.75. The molecule has 0 saturated heterocycles. The summed E-state index contributed by atoms with van der Waals surface area (Å²) in [4.78, 5) is 0.353. The molecule has 0 heterocycles. The van der Waals surface area contributed by atoms with Gasteiger partial charge in [-0.05, 0) is 51.0 Å². The zero-order chi connectivity index (χ0) is 12.6. The maximum Gasteiger partial charge on any atom is 0.184 e. The Labute approximate surface area is 97.6 Å². The van der Waals surface area contributed by atoms with Crippen molar-refractivity contribution in [2.24, 2.45) is 5.73 Å². The van der Waals surface area contributed by atoms with Gasteiger partial charge in [0.25, 0.3) is 0 Å². The van der Waals surface area contributed by atoms with Crippen LogP contribution in [0.3, 0.4) is 0 Å². The molecule has 1 aromatic carbocycles. The molecule has 1 rings (SSSR count). The van der Waals surface area contributed by atoms with Crippen LogP contribution >= 0.6 is 0 Å². The van der Waals surface area contributed by atoms with E-state index in [1.54, 1.807) is 26.0 Å². The summed E-state index contributed by atoms with van der Waals surface area (Å²) in [6.45, 7) is 7.28. The number of nitrogens with two attached hydrogens (primary N) is 1. The third-order valence-corrected chi connectivity index (χ3v) is 5.50. The third kappa shape index (κ3) is 2.13. The van der Waals surface area contributed by atoms with Gasteiger partial charge in [0.15, 0.2) is 9.84 Å². The van der Waals surface area contributed by atoms with Crippen LogP contribution in [0.2, 0.25) is 0 Å². The number of hydrogen-bond acceptors (Lipinski definition) is 3. The van der Waals surface area contributed by atoms with E-state index < -0.39 is 14.6 Å². The van der Waals surface area contributed by atoms with Crippen LogP contribution in [0.1, 0.15) is 25.0 Å². The largest absolute Gasteiger partial charge is 0.329 e. The van der Waals surface area contributed by atoms with Gasteiger partial charge in [0.05, 0.1) is 9.64 Å². The fraction of sp³-hybridized carbons (Fsp3) is 0.500. The lowest BCUT2D eigenvalue weighted by molar-refractivity contribution is 0.549.